The molecule has 0 aromatic carbocycles. The summed E-state index contributed by atoms with van der Waals surface area (Å²) >= 11 is 1.43. The third-order valence-electron chi connectivity index (χ3n) is 3.37. The molecule has 10 heteroatoms. The number of methoxy groups -OCH3 is 1. The van der Waals surface area contributed by atoms with Crippen molar-refractivity contribution in [2.75, 3.05) is 32.2 Å². The van der Waals surface area contributed by atoms with Crippen molar-refractivity contribution in [2.24, 2.45) is 0 Å². The molecular formula is C12H17ClN4O4S. The number of anilines is 1. The Hall–Kier alpha value is -1.42. The summed E-state index contributed by atoms with van der Waals surface area (Å²) < 4.78 is 9.97. The van der Waals surface area contributed by atoms with Gasteiger partial charge in [-0.1, -0.05) is 11.3 Å². The van der Waals surface area contributed by atoms with Crippen molar-refractivity contribution in [3.8, 4) is 0 Å². The maximum absolute atomic E-state index is 11.7. The van der Waals surface area contributed by atoms with Crippen molar-refractivity contribution < 1.29 is 19.1 Å². The van der Waals surface area contributed by atoms with Crippen LogP contribution >= 0.6 is 23.7 Å². The van der Waals surface area contributed by atoms with E-state index in [1.807, 2.05) is 0 Å². The summed E-state index contributed by atoms with van der Waals surface area (Å²) in [5, 5.41) is 9.05. The molecule has 2 unspecified atom stereocenters. The molecule has 0 spiro atoms. The SMILES string of the molecule is COC(=O)CNC(=O)Nc1nc2c(s1)C1COCC(C2)N1.Cl. The number of esters is 1. The molecular weight excluding hydrogens is 332 g/mol. The molecule has 1 fully saturated rings. The monoisotopic (exact) mass is 348 g/mol. The summed E-state index contributed by atoms with van der Waals surface area (Å²) in [6, 6.07) is -0.0308. The summed E-state index contributed by atoms with van der Waals surface area (Å²) in [5.74, 6) is -0.501. The van der Waals surface area contributed by atoms with Gasteiger partial charge in [0.05, 0.1) is 32.1 Å². The Morgan fingerprint density at radius 1 is 1.50 bits per heavy atom. The third-order valence-corrected chi connectivity index (χ3v) is 4.49. The molecule has 22 heavy (non-hydrogen) atoms. The second-order valence-electron chi connectivity index (χ2n) is 4.87. The molecule has 0 aliphatic carbocycles. The predicted molar refractivity (Wildman–Crippen MR) is 82.6 cm³/mol. The van der Waals surface area contributed by atoms with Crippen molar-refractivity contribution in [2.45, 2.75) is 18.5 Å². The number of amides is 2. The second-order valence-corrected chi connectivity index (χ2v) is 5.90. The Labute approximate surface area is 137 Å². The van der Waals surface area contributed by atoms with E-state index in [1.54, 1.807) is 0 Å². The Morgan fingerprint density at radius 3 is 3.09 bits per heavy atom. The van der Waals surface area contributed by atoms with Crippen molar-refractivity contribution >= 4 is 40.9 Å². The van der Waals surface area contributed by atoms with Crippen LogP contribution in [0.4, 0.5) is 9.93 Å². The molecule has 3 N–H and O–H groups in total. The summed E-state index contributed by atoms with van der Waals surface area (Å²) in [6.45, 7) is 1.14. The molecule has 2 bridgehead atoms. The van der Waals surface area contributed by atoms with E-state index in [9.17, 15) is 9.59 Å². The van der Waals surface area contributed by atoms with E-state index in [2.05, 4.69) is 25.7 Å². The molecule has 3 rings (SSSR count). The largest absolute Gasteiger partial charge is 0.468 e. The van der Waals surface area contributed by atoms with Gasteiger partial charge in [-0.3, -0.25) is 10.1 Å². The number of hydrogen-bond acceptors (Lipinski definition) is 7. The van der Waals surface area contributed by atoms with Crippen LogP contribution in [0.2, 0.25) is 0 Å². The van der Waals surface area contributed by atoms with Gasteiger partial charge in [0.1, 0.15) is 6.54 Å². The van der Waals surface area contributed by atoms with Crippen molar-refractivity contribution in [3.63, 3.8) is 0 Å². The fourth-order valence-electron chi connectivity index (χ4n) is 2.41. The molecule has 1 aromatic rings. The van der Waals surface area contributed by atoms with Gasteiger partial charge in [-0.15, -0.1) is 12.4 Å². The number of rotatable bonds is 3. The first kappa shape index (κ1) is 16.9. The fourth-order valence-corrected chi connectivity index (χ4v) is 3.45. The molecule has 122 valence electrons. The lowest BCUT2D eigenvalue weighted by atomic mass is 10.0. The number of ether oxygens (including phenoxy) is 2. The van der Waals surface area contributed by atoms with Crippen LogP contribution in [0.5, 0.6) is 0 Å². The molecule has 0 radical (unpaired) electrons. The van der Waals surface area contributed by atoms with E-state index >= 15 is 0 Å². The topological polar surface area (TPSA) is 102 Å². The zero-order valence-electron chi connectivity index (χ0n) is 11.9. The molecule has 2 atom stereocenters. The number of aromatic nitrogens is 1. The van der Waals surface area contributed by atoms with Crippen molar-refractivity contribution in [3.05, 3.63) is 10.6 Å². The quantitative estimate of drug-likeness (QED) is 0.685. The normalized spacial score (nSPS) is 22.0. The van der Waals surface area contributed by atoms with Crippen molar-refractivity contribution in [1.29, 1.82) is 0 Å². The summed E-state index contributed by atoms with van der Waals surface area (Å²) in [4.78, 5) is 28.2. The summed E-state index contributed by atoms with van der Waals surface area (Å²) in [7, 11) is 1.27. The maximum Gasteiger partial charge on any atom is 0.325 e. The number of carbonyl (C=O) groups is 2. The average Bonchev–Trinajstić information content (AvgIpc) is 2.87. The van der Waals surface area contributed by atoms with E-state index in [4.69, 9.17) is 4.74 Å². The minimum absolute atomic E-state index is 0. The number of morpholine rings is 1. The number of thiazole rings is 1. The number of urea groups is 1. The maximum atomic E-state index is 11.7. The van der Waals surface area contributed by atoms with Crippen LogP contribution in [-0.2, 0) is 20.7 Å². The first-order valence-corrected chi connectivity index (χ1v) is 7.42. The van der Waals surface area contributed by atoms with E-state index < -0.39 is 12.0 Å². The molecule has 1 aromatic heterocycles. The molecule has 1 saturated heterocycles. The van der Waals surface area contributed by atoms with Crippen LogP contribution in [0.25, 0.3) is 0 Å². The molecule has 3 heterocycles. The van der Waals surface area contributed by atoms with Gasteiger partial charge in [-0.05, 0) is 0 Å². The Kier molecular flexibility index (Phi) is 5.57. The summed E-state index contributed by atoms with van der Waals surface area (Å²) in [5.41, 5.74) is 1.01. The number of halogens is 1. The van der Waals surface area contributed by atoms with Crippen LogP contribution < -0.4 is 16.0 Å². The Balaban J connectivity index is 0.00000176. The van der Waals surface area contributed by atoms with Gasteiger partial charge in [0.25, 0.3) is 0 Å². The minimum Gasteiger partial charge on any atom is -0.468 e. The zero-order valence-corrected chi connectivity index (χ0v) is 13.5. The fraction of sp³-hybridized carbons (Fsp3) is 0.583. The smallest absolute Gasteiger partial charge is 0.325 e. The Bertz CT molecular complexity index is 567. The molecule has 2 aliphatic rings. The number of nitrogens with one attached hydrogen (secondary N) is 3. The van der Waals surface area contributed by atoms with Crippen LogP contribution in [-0.4, -0.2) is 49.9 Å². The van der Waals surface area contributed by atoms with Crippen LogP contribution in [0, 0.1) is 0 Å². The van der Waals surface area contributed by atoms with Gasteiger partial charge in [-0.25, -0.2) is 9.78 Å². The van der Waals surface area contributed by atoms with Gasteiger partial charge in [0.15, 0.2) is 5.13 Å². The molecule has 8 nitrogen and oxygen atoms in total. The lowest BCUT2D eigenvalue weighted by molar-refractivity contribution is -0.139. The highest BCUT2D eigenvalue weighted by Gasteiger charge is 2.33. The first-order chi connectivity index (χ1) is 10.2. The molecule has 2 amide bonds. The highest BCUT2D eigenvalue weighted by atomic mass is 35.5. The van der Waals surface area contributed by atoms with Crippen LogP contribution in [0.3, 0.4) is 0 Å². The van der Waals surface area contributed by atoms with Gasteiger partial charge in [0, 0.05) is 17.3 Å². The van der Waals surface area contributed by atoms with Crippen LogP contribution in [0.15, 0.2) is 0 Å². The van der Waals surface area contributed by atoms with Gasteiger partial charge < -0.3 is 20.1 Å². The number of hydrogen-bond donors (Lipinski definition) is 3. The first-order valence-electron chi connectivity index (χ1n) is 6.60. The third kappa shape index (κ3) is 3.67. The lowest BCUT2D eigenvalue weighted by Crippen LogP contribution is -2.48. The minimum atomic E-state index is -0.501. The highest BCUT2D eigenvalue weighted by Crippen LogP contribution is 2.35. The standard InChI is InChI=1S/C12H16N4O4S.ClH/c1-19-9(17)3-13-11(18)16-12-15-7-2-6-4-20-5-8(14-6)10(7)21-12;/h6,8,14H,2-5H2,1H3,(H2,13,15,16,18);1H. The summed E-state index contributed by atoms with van der Waals surface area (Å²) in [6.07, 6.45) is 0.799. The van der Waals surface area contributed by atoms with Crippen LogP contribution in [0.1, 0.15) is 16.6 Å². The van der Waals surface area contributed by atoms with E-state index in [1.165, 1.54) is 18.4 Å². The molecule has 2 aliphatic heterocycles. The number of nitrogens with zero attached hydrogens (tertiary/aromatic N) is 1. The van der Waals surface area contributed by atoms with E-state index in [0.717, 1.165) is 17.0 Å². The van der Waals surface area contributed by atoms with Gasteiger partial charge in [0.2, 0.25) is 0 Å². The Morgan fingerprint density at radius 2 is 2.32 bits per heavy atom. The highest BCUT2D eigenvalue weighted by molar-refractivity contribution is 7.16. The van der Waals surface area contributed by atoms with E-state index in [0.29, 0.717) is 24.4 Å². The van der Waals surface area contributed by atoms with Gasteiger partial charge >= 0.3 is 12.0 Å². The van der Waals surface area contributed by atoms with Gasteiger partial charge in [-0.2, -0.15) is 0 Å². The zero-order chi connectivity index (χ0) is 14.8. The van der Waals surface area contributed by atoms with E-state index in [-0.39, 0.29) is 25.0 Å². The average molecular weight is 349 g/mol. The molecule has 0 saturated carbocycles. The predicted octanol–water partition coefficient (Wildman–Crippen LogP) is 0.445. The number of fused-ring (bicyclic) bond motifs is 4. The second kappa shape index (κ2) is 7.23. The lowest BCUT2D eigenvalue weighted by Gasteiger charge is -2.34. The number of carbonyl (C=O) groups excluding carboxylic acids is 2. The van der Waals surface area contributed by atoms with Crippen molar-refractivity contribution in [1.82, 2.24) is 15.6 Å².